The fourth-order valence-corrected chi connectivity index (χ4v) is 2.01. The molecule has 0 radical (unpaired) electrons. The number of rotatable bonds is 5. The number of hydrogen-bond acceptors (Lipinski definition) is 3. The van der Waals surface area contributed by atoms with Gasteiger partial charge in [0, 0.05) is 31.1 Å². The fraction of sp³-hybridized carbons (Fsp3) is 0.429. The van der Waals surface area contributed by atoms with Crippen LogP contribution in [0.5, 0.6) is 0 Å². The summed E-state index contributed by atoms with van der Waals surface area (Å²) < 4.78 is 2.06. The van der Waals surface area contributed by atoms with E-state index in [0.29, 0.717) is 6.54 Å². The van der Waals surface area contributed by atoms with Crippen molar-refractivity contribution < 1.29 is 0 Å². The van der Waals surface area contributed by atoms with Crippen LogP contribution in [0.4, 0.5) is 0 Å². The lowest BCUT2D eigenvalue weighted by Crippen LogP contribution is -2.07. The Morgan fingerprint density at radius 1 is 1.28 bits per heavy atom. The molecule has 0 spiro atoms. The first-order valence-electron chi connectivity index (χ1n) is 6.51. The summed E-state index contributed by atoms with van der Waals surface area (Å²) in [6.45, 7) is 4.80. The maximum Gasteiger partial charge on any atom is 0.138 e. The first-order chi connectivity index (χ1) is 8.78. The molecule has 2 aromatic heterocycles. The third-order valence-corrected chi connectivity index (χ3v) is 2.96. The van der Waals surface area contributed by atoms with Crippen molar-refractivity contribution in [1.82, 2.24) is 14.5 Å². The molecule has 0 atom stereocenters. The Bertz CT molecular complexity index is 494. The Morgan fingerprint density at radius 3 is 2.78 bits per heavy atom. The summed E-state index contributed by atoms with van der Waals surface area (Å²) in [4.78, 5) is 9.04. The molecule has 0 amide bonds. The molecule has 18 heavy (non-hydrogen) atoms. The quantitative estimate of drug-likeness (QED) is 0.877. The van der Waals surface area contributed by atoms with Gasteiger partial charge >= 0.3 is 0 Å². The second-order valence-corrected chi connectivity index (χ2v) is 4.35. The van der Waals surface area contributed by atoms with Crippen LogP contribution >= 0.6 is 0 Å². The Labute approximate surface area is 108 Å². The van der Waals surface area contributed by atoms with Crippen LogP contribution in [0.25, 0.3) is 5.82 Å². The lowest BCUT2D eigenvalue weighted by atomic mass is 10.2. The Hall–Kier alpha value is -1.68. The molecule has 0 saturated carbocycles. The van der Waals surface area contributed by atoms with E-state index in [2.05, 4.69) is 34.4 Å². The van der Waals surface area contributed by atoms with E-state index in [1.54, 1.807) is 0 Å². The van der Waals surface area contributed by atoms with Gasteiger partial charge < -0.3 is 5.73 Å². The first kappa shape index (κ1) is 12.8. The van der Waals surface area contributed by atoms with Gasteiger partial charge in [-0.25, -0.2) is 9.97 Å². The van der Waals surface area contributed by atoms with Crippen LogP contribution in [0.15, 0.2) is 24.5 Å². The van der Waals surface area contributed by atoms with Gasteiger partial charge in [0.25, 0.3) is 0 Å². The Balaban J connectivity index is 2.45. The second-order valence-electron chi connectivity index (χ2n) is 4.35. The zero-order valence-corrected chi connectivity index (χ0v) is 11.1. The topological polar surface area (TPSA) is 56.7 Å². The van der Waals surface area contributed by atoms with Gasteiger partial charge in [-0.2, -0.15) is 0 Å². The minimum atomic E-state index is 0.542. The van der Waals surface area contributed by atoms with Crippen LogP contribution in [0.3, 0.4) is 0 Å². The van der Waals surface area contributed by atoms with E-state index in [9.17, 15) is 0 Å². The molecule has 2 heterocycles. The van der Waals surface area contributed by atoms with Crippen molar-refractivity contribution in [3.63, 3.8) is 0 Å². The average Bonchev–Trinajstić information content (AvgIpc) is 2.87. The van der Waals surface area contributed by atoms with Gasteiger partial charge in [-0.05, 0) is 30.5 Å². The van der Waals surface area contributed by atoms with Crippen molar-refractivity contribution >= 4 is 0 Å². The summed E-state index contributed by atoms with van der Waals surface area (Å²) in [5.41, 5.74) is 7.93. The third kappa shape index (κ3) is 2.59. The highest BCUT2D eigenvalue weighted by Crippen LogP contribution is 2.14. The van der Waals surface area contributed by atoms with Crippen LogP contribution < -0.4 is 5.73 Å². The van der Waals surface area contributed by atoms with Crippen LogP contribution in [0, 0.1) is 0 Å². The largest absolute Gasteiger partial charge is 0.326 e. The Kier molecular flexibility index (Phi) is 4.10. The summed E-state index contributed by atoms with van der Waals surface area (Å²) in [5.74, 6) is 1.98. The average molecular weight is 244 g/mol. The normalized spacial score (nSPS) is 10.8. The van der Waals surface area contributed by atoms with E-state index in [1.165, 1.54) is 0 Å². The molecule has 0 unspecified atom stereocenters. The van der Waals surface area contributed by atoms with Gasteiger partial charge in [0.1, 0.15) is 11.6 Å². The monoisotopic (exact) mass is 244 g/mol. The number of hydrogen-bond donors (Lipinski definition) is 1. The van der Waals surface area contributed by atoms with E-state index in [0.717, 1.165) is 42.2 Å². The molecule has 4 heteroatoms. The number of aromatic nitrogens is 3. The molecule has 0 aliphatic heterocycles. The van der Waals surface area contributed by atoms with Crippen molar-refractivity contribution in [3.05, 3.63) is 41.6 Å². The minimum Gasteiger partial charge on any atom is -0.326 e. The molecule has 0 saturated heterocycles. The summed E-state index contributed by atoms with van der Waals surface area (Å²) in [6, 6.07) is 4.11. The molecule has 2 rings (SSSR count). The molecular formula is C14H20N4. The predicted molar refractivity (Wildman–Crippen MR) is 72.6 cm³/mol. The predicted octanol–water partition coefficient (Wildman–Crippen LogP) is 2.24. The molecule has 0 fully saturated rings. The summed E-state index contributed by atoms with van der Waals surface area (Å²) in [5, 5.41) is 0. The SMILES string of the molecule is CCCc1nccn1-c1cc(CN)cc(CC)n1. The summed E-state index contributed by atoms with van der Waals surface area (Å²) in [6.07, 6.45) is 6.75. The highest BCUT2D eigenvalue weighted by Gasteiger charge is 2.07. The number of nitrogens with zero attached hydrogens (tertiary/aromatic N) is 3. The molecule has 96 valence electrons. The van der Waals surface area contributed by atoms with Crippen LogP contribution in [-0.2, 0) is 19.4 Å². The van der Waals surface area contributed by atoms with Crippen molar-refractivity contribution in [1.29, 1.82) is 0 Å². The molecule has 2 N–H and O–H groups in total. The minimum absolute atomic E-state index is 0.542. The van der Waals surface area contributed by atoms with E-state index in [-0.39, 0.29) is 0 Å². The van der Waals surface area contributed by atoms with E-state index in [1.807, 2.05) is 18.5 Å². The van der Waals surface area contributed by atoms with Crippen molar-refractivity contribution in [2.45, 2.75) is 39.7 Å². The van der Waals surface area contributed by atoms with Gasteiger partial charge in [0.2, 0.25) is 0 Å². The van der Waals surface area contributed by atoms with Crippen molar-refractivity contribution in [2.24, 2.45) is 5.73 Å². The zero-order chi connectivity index (χ0) is 13.0. The van der Waals surface area contributed by atoms with Gasteiger partial charge in [-0.15, -0.1) is 0 Å². The van der Waals surface area contributed by atoms with Crippen molar-refractivity contribution in [3.8, 4) is 5.82 Å². The molecule has 0 aliphatic rings. The van der Waals surface area contributed by atoms with Gasteiger partial charge in [-0.3, -0.25) is 4.57 Å². The maximum atomic E-state index is 5.74. The molecular weight excluding hydrogens is 224 g/mol. The molecule has 0 aromatic carbocycles. The third-order valence-electron chi connectivity index (χ3n) is 2.96. The van der Waals surface area contributed by atoms with Gasteiger partial charge in [0.05, 0.1) is 0 Å². The number of pyridine rings is 1. The highest BCUT2D eigenvalue weighted by atomic mass is 15.1. The molecule has 0 aliphatic carbocycles. The molecule has 2 aromatic rings. The number of imidazole rings is 1. The zero-order valence-electron chi connectivity index (χ0n) is 11.1. The van der Waals surface area contributed by atoms with Crippen LogP contribution in [0.2, 0.25) is 0 Å². The van der Waals surface area contributed by atoms with E-state index >= 15 is 0 Å². The van der Waals surface area contributed by atoms with Crippen LogP contribution in [0.1, 0.15) is 37.4 Å². The summed E-state index contributed by atoms with van der Waals surface area (Å²) >= 11 is 0. The fourth-order valence-electron chi connectivity index (χ4n) is 2.01. The van der Waals surface area contributed by atoms with Crippen molar-refractivity contribution in [2.75, 3.05) is 0 Å². The van der Waals surface area contributed by atoms with E-state index < -0.39 is 0 Å². The van der Waals surface area contributed by atoms with E-state index in [4.69, 9.17) is 5.73 Å². The molecule has 4 nitrogen and oxygen atoms in total. The highest BCUT2D eigenvalue weighted by molar-refractivity contribution is 5.32. The maximum absolute atomic E-state index is 5.74. The smallest absolute Gasteiger partial charge is 0.138 e. The Morgan fingerprint density at radius 2 is 2.11 bits per heavy atom. The summed E-state index contributed by atoms with van der Waals surface area (Å²) in [7, 11) is 0. The number of nitrogens with two attached hydrogens (primary N) is 1. The first-order valence-corrected chi connectivity index (χ1v) is 6.51. The molecule has 0 bridgehead atoms. The number of aryl methyl sites for hydroxylation is 2. The second kappa shape index (κ2) is 5.78. The van der Waals surface area contributed by atoms with Gasteiger partial charge in [-0.1, -0.05) is 13.8 Å². The lowest BCUT2D eigenvalue weighted by molar-refractivity contribution is 0.791. The lowest BCUT2D eigenvalue weighted by Gasteiger charge is -2.10. The standard InChI is InChI=1S/C14H20N4/c1-3-5-13-16-6-7-18(13)14-9-11(10-15)8-12(4-2)17-14/h6-9H,3-5,10,15H2,1-2H3. The van der Waals surface area contributed by atoms with Gasteiger partial charge in [0.15, 0.2) is 0 Å². The van der Waals surface area contributed by atoms with Crippen LogP contribution in [-0.4, -0.2) is 14.5 Å².